The molecule has 1 aliphatic heterocycles. The lowest BCUT2D eigenvalue weighted by molar-refractivity contribution is -0.119. The molecule has 100 valence electrons. The molecule has 4 heteroatoms. The summed E-state index contributed by atoms with van der Waals surface area (Å²) in [5.41, 5.74) is 0. The first-order valence-electron chi connectivity index (χ1n) is 6.83. The number of carbonyl (C=O) groups excluding carboxylic acids is 1. The number of piperidine rings is 1. The molecule has 1 fully saturated rings. The summed E-state index contributed by atoms with van der Waals surface area (Å²) in [6.07, 6.45) is 3.80. The maximum atomic E-state index is 11.2. The smallest absolute Gasteiger partial charge is 0.233 e. The lowest BCUT2D eigenvalue weighted by Crippen LogP contribution is -2.46. The van der Waals surface area contributed by atoms with Gasteiger partial charge in [-0.05, 0) is 45.2 Å². The summed E-state index contributed by atoms with van der Waals surface area (Å²) in [5, 5.41) is 5.97. The zero-order chi connectivity index (χ0) is 12.7. The van der Waals surface area contributed by atoms with Gasteiger partial charge in [-0.2, -0.15) is 0 Å². The van der Waals surface area contributed by atoms with Crippen LogP contribution in [-0.2, 0) is 4.79 Å². The van der Waals surface area contributed by atoms with Crippen LogP contribution in [0.4, 0.5) is 0 Å². The molecule has 1 aliphatic rings. The predicted octanol–water partition coefficient (Wildman–Crippen LogP) is 0.833. The monoisotopic (exact) mass is 241 g/mol. The number of hydrogen-bond acceptors (Lipinski definition) is 3. The van der Waals surface area contributed by atoms with E-state index in [1.807, 2.05) is 0 Å². The van der Waals surface area contributed by atoms with Gasteiger partial charge < -0.3 is 15.5 Å². The van der Waals surface area contributed by atoms with Crippen molar-refractivity contribution in [1.29, 1.82) is 0 Å². The van der Waals surface area contributed by atoms with E-state index in [4.69, 9.17) is 0 Å². The average Bonchev–Trinajstić information content (AvgIpc) is 2.36. The molecule has 0 aromatic heterocycles. The second-order valence-corrected chi connectivity index (χ2v) is 5.05. The topological polar surface area (TPSA) is 44.4 Å². The van der Waals surface area contributed by atoms with Crippen LogP contribution in [0.15, 0.2) is 0 Å². The molecule has 4 nitrogen and oxygen atoms in total. The fourth-order valence-electron chi connectivity index (χ4n) is 2.53. The Balaban J connectivity index is 2.30. The summed E-state index contributed by atoms with van der Waals surface area (Å²) >= 11 is 0. The molecule has 0 bridgehead atoms. The van der Waals surface area contributed by atoms with Gasteiger partial charge in [-0.3, -0.25) is 4.79 Å². The second-order valence-electron chi connectivity index (χ2n) is 5.05. The van der Waals surface area contributed by atoms with Crippen molar-refractivity contribution in [2.45, 2.75) is 39.2 Å². The lowest BCUT2D eigenvalue weighted by Gasteiger charge is -2.35. The van der Waals surface area contributed by atoms with Crippen LogP contribution in [-0.4, -0.2) is 50.1 Å². The summed E-state index contributed by atoms with van der Waals surface area (Å²) in [7, 11) is 1.68. The van der Waals surface area contributed by atoms with Crippen LogP contribution in [0.5, 0.6) is 0 Å². The maximum Gasteiger partial charge on any atom is 0.233 e. The van der Waals surface area contributed by atoms with E-state index in [0.29, 0.717) is 18.5 Å². The van der Waals surface area contributed by atoms with E-state index in [0.717, 1.165) is 0 Å². The first kappa shape index (κ1) is 14.5. The Morgan fingerprint density at radius 1 is 1.53 bits per heavy atom. The van der Waals surface area contributed by atoms with Gasteiger partial charge in [0.15, 0.2) is 0 Å². The average molecular weight is 241 g/mol. The van der Waals surface area contributed by atoms with Gasteiger partial charge in [-0.15, -0.1) is 0 Å². The number of nitrogens with zero attached hydrogens (tertiary/aromatic N) is 1. The third kappa shape index (κ3) is 5.04. The van der Waals surface area contributed by atoms with E-state index in [1.165, 1.54) is 38.9 Å². The van der Waals surface area contributed by atoms with Crippen LogP contribution >= 0.6 is 0 Å². The Morgan fingerprint density at radius 2 is 2.29 bits per heavy atom. The maximum absolute atomic E-state index is 11.2. The summed E-state index contributed by atoms with van der Waals surface area (Å²) in [4.78, 5) is 13.7. The standard InChI is InChI=1S/C13H27N3O/c1-4-7-16-8-5-6-12(10-16)11(2)15-9-13(17)14-3/h11-12,15H,4-10H2,1-3H3,(H,14,17). The highest BCUT2D eigenvalue weighted by Crippen LogP contribution is 2.19. The van der Waals surface area contributed by atoms with E-state index in [-0.39, 0.29) is 5.91 Å². The molecule has 1 saturated heterocycles. The Labute approximate surface area is 105 Å². The van der Waals surface area contributed by atoms with Crippen molar-refractivity contribution in [1.82, 2.24) is 15.5 Å². The summed E-state index contributed by atoms with van der Waals surface area (Å²) < 4.78 is 0. The molecule has 17 heavy (non-hydrogen) atoms. The largest absolute Gasteiger partial charge is 0.358 e. The fourth-order valence-corrected chi connectivity index (χ4v) is 2.53. The molecule has 0 aliphatic carbocycles. The Kier molecular flexibility index (Phi) is 6.52. The van der Waals surface area contributed by atoms with Crippen molar-refractivity contribution < 1.29 is 4.79 Å². The summed E-state index contributed by atoms with van der Waals surface area (Å²) in [6, 6.07) is 0.423. The van der Waals surface area contributed by atoms with Crippen molar-refractivity contribution in [3.8, 4) is 0 Å². The molecule has 2 atom stereocenters. The molecular weight excluding hydrogens is 214 g/mol. The molecule has 0 aromatic rings. The first-order valence-corrected chi connectivity index (χ1v) is 6.83. The van der Waals surface area contributed by atoms with E-state index in [1.54, 1.807) is 7.05 Å². The number of likely N-dealkylation sites (N-methyl/N-ethyl adjacent to an activating group) is 1. The number of hydrogen-bond donors (Lipinski definition) is 2. The highest BCUT2D eigenvalue weighted by molar-refractivity contribution is 5.77. The van der Waals surface area contributed by atoms with Gasteiger partial charge in [0.05, 0.1) is 6.54 Å². The van der Waals surface area contributed by atoms with Crippen LogP contribution in [0.1, 0.15) is 33.1 Å². The van der Waals surface area contributed by atoms with Crippen molar-refractivity contribution in [2.24, 2.45) is 5.92 Å². The zero-order valence-electron chi connectivity index (χ0n) is 11.5. The summed E-state index contributed by atoms with van der Waals surface area (Å²) in [5.74, 6) is 0.748. The van der Waals surface area contributed by atoms with Gasteiger partial charge in [0.2, 0.25) is 5.91 Å². The quantitative estimate of drug-likeness (QED) is 0.724. The number of nitrogens with one attached hydrogen (secondary N) is 2. The number of carbonyl (C=O) groups is 1. The van der Waals surface area contributed by atoms with E-state index >= 15 is 0 Å². The SMILES string of the molecule is CCCN1CCCC(C(C)NCC(=O)NC)C1. The summed E-state index contributed by atoms with van der Waals surface area (Å²) in [6.45, 7) is 8.49. The Bertz CT molecular complexity index is 231. The van der Waals surface area contributed by atoms with Gasteiger partial charge >= 0.3 is 0 Å². The highest BCUT2D eigenvalue weighted by Gasteiger charge is 2.24. The van der Waals surface area contributed by atoms with E-state index < -0.39 is 0 Å². The zero-order valence-corrected chi connectivity index (χ0v) is 11.5. The molecule has 1 heterocycles. The van der Waals surface area contributed by atoms with Crippen LogP contribution in [0.25, 0.3) is 0 Å². The highest BCUT2D eigenvalue weighted by atomic mass is 16.1. The molecule has 0 radical (unpaired) electrons. The minimum absolute atomic E-state index is 0.0677. The fraction of sp³-hybridized carbons (Fsp3) is 0.923. The van der Waals surface area contributed by atoms with Crippen molar-refractivity contribution in [2.75, 3.05) is 33.2 Å². The lowest BCUT2D eigenvalue weighted by atomic mass is 9.91. The van der Waals surface area contributed by atoms with E-state index in [9.17, 15) is 4.79 Å². The molecule has 0 saturated carbocycles. The van der Waals surface area contributed by atoms with Gasteiger partial charge in [0.1, 0.15) is 0 Å². The molecule has 2 N–H and O–H groups in total. The van der Waals surface area contributed by atoms with Gasteiger partial charge in [0.25, 0.3) is 0 Å². The Hall–Kier alpha value is -0.610. The number of likely N-dealkylation sites (tertiary alicyclic amines) is 1. The van der Waals surface area contributed by atoms with Gasteiger partial charge in [-0.1, -0.05) is 6.92 Å². The Morgan fingerprint density at radius 3 is 2.94 bits per heavy atom. The molecule has 2 unspecified atom stereocenters. The molecule has 0 spiro atoms. The molecule has 1 amide bonds. The normalized spacial score (nSPS) is 23.4. The molecule has 1 rings (SSSR count). The first-order chi connectivity index (χ1) is 8.17. The van der Waals surface area contributed by atoms with Gasteiger partial charge in [-0.25, -0.2) is 0 Å². The predicted molar refractivity (Wildman–Crippen MR) is 71.0 cm³/mol. The van der Waals surface area contributed by atoms with Crippen LogP contribution in [0, 0.1) is 5.92 Å². The van der Waals surface area contributed by atoms with Crippen molar-refractivity contribution in [3.05, 3.63) is 0 Å². The van der Waals surface area contributed by atoms with Crippen molar-refractivity contribution in [3.63, 3.8) is 0 Å². The van der Waals surface area contributed by atoms with Crippen LogP contribution < -0.4 is 10.6 Å². The molecular formula is C13H27N3O. The second kappa shape index (κ2) is 7.67. The van der Waals surface area contributed by atoms with Crippen LogP contribution in [0.3, 0.4) is 0 Å². The van der Waals surface area contributed by atoms with E-state index in [2.05, 4.69) is 29.4 Å². The van der Waals surface area contributed by atoms with Gasteiger partial charge in [0, 0.05) is 19.6 Å². The van der Waals surface area contributed by atoms with Crippen LogP contribution in [0.2, 0.25) is 0 Å². The third-order valence-electron chi connectivity index (χ3n) is 3.65. The third-order valence-corrected chi connectivity index (χ3v) is 3.65. The molecule has 0 aromatic carbocycles. The number of rotatable bonds is 6. The number of amides is 1. The minimum atomic E-state index is 0.0677. The van der Waals surface area contributed by atoms with Crippen molar-refractivity contribution >= 4 is 5.91 Å². The minimum Gasteiger partial charge on any atom is -0.358 e.